The zero-order valence-electron chi connectivity index (χ0n) is 9.31. The second-order valence-corrected chi connectivity index (χ2v) is 10.0. The maximum absolute atomic E-state index is 3.57. The van der Waals surface area contributed by atoms with Crippen molar-refractivity contribution in [1.82, 2.24) is 4.98 Å². The van der Waals surface area contributed by atoms with E-state index in [0.717, 1.165) is 0 Å². The minimum atomic E-state index is -1.19. The Labute approximate surface area is 86.2 Å². The van der Waals surface area contributed by atoms with Crippen molar-refractivity contribution in [1.29, 1.82) is 0 Å². The maximum Gasteiger partial charge on any atom is 0.0982 e. The topological polar surface area (TPSA) is 15.8 Å². The molecule has 1 N–H and O–H groups in total. The second kappa shape index (κ2) is 2.99. The number of aromatic nitrogens is 1. The summed E-state index contributed by atoms with van der Waals surface area (Å²) in [5, 5.41) is 2.80. The van der Waals surface area contributed by atoms with Gasteiger partial charge in [-0.25, -0.2) is 0 Å². The van der Waals surface area contributed by atoms with Crippen LogP contribution in [-0.4, -0.2) is 13.1 Å². The van der Waals surface area contributed by atoms with Gasteiger partial charge in [-0.05, 0) is 29.3 Å². The SMILES string of the molecule is Cc1cccc2cc([Si](C)(C)C)[nH]c12. The Balaban J connectivity index is 2.69. The molecular formula is C12H17NSi. The molecule has 0 fully saturated rings. The van der Waals surface area contributed by atoms with Crippen LogP contribution in [0.2, 0.25) is 19.6 Å². The van der Waals surface area contributed by atoms with E-state index >= 15 is 0 Å². The third kappa shape index (κ3) is 1.50. The van der Waals surface area contributed by atoms with Crippen LogP contribution in [0.3, 0.4) is 0 Å². The Bertz CT molecular complexity index is 463. The van der Waals surface area contributed by atoms with Gasteiger partial charge in [0.2, 0.25) is 0 Å². The molecule has 0 saturated heterocycles. The summed E-state index contributed by atoms with van der Waals surface area (Å²) in [5.74, 6) is 0. The Kier molecular flexibility index (Phi) is 2.03. The normalized spacial score (nSPS) is 12.3. The van der Waals surface area contributed by atoms with Gasteiger partial charge in [0.05, 0.1) is 8.07 Å². The smallest absolute Gasteiger partial charge is 0.0982 e. The van der Waals surface area contributed by atoms with Gasteiger partial charge in [-0.1, -0.05) is 37.8 Å². The third-order valence-electron chi connectivity index (χ3n) is 2.67. The summed E-state index contributed by atoms with van der Waals surface area (Å²) in [6.07, 6.45) is 0. The van der Waals surface area contributed by atoms with Crippen molar-refractivity contribution in [3.05, 3.63) is 29.8 Å². The quantitative estimate of drug-likeness (QED) is 0.686. The molecular weight excluding hydrogens is 186 g/mol. The lowest BCUT2D eigenvalue weighted by Crippen LogP contribution is -2.38. The van der Waals surface area contributed by atoms with E-state index in [1.807, 2.05) is 0 Å². The molecule has 74 valence electrons. The third-order valence-corrected chi connectivity index (χ3v) is 4.56. The van der Waals surface area contributed by atoms with Crippen LogP contribution < -0.4 is 5.32 Å². The van der Waals surface area contributed by atoms with Crippen molar-refractivity contribution < 1.29 is 0 Å². The standard InChI is InChI=1S/C12H17NSi/c1-9-6-5-7-10-8-11(13-12(9)10)14(2,3)4/h5-8,13H,1-4H3. The molecule has 0 atom stereocenters. The molecule has 1 nitrogen and oxygen atoms in total. The lowest BCUT2D eigenvalue weighted by molar-refractivity contribution is 1.43. The highest BCUT2D eigenvalue weighted by molar-refractivity contribution is 6.88. The summed E-state index contributed by atoms with van der Waals surface area (Å²) in [6, 6.07) is 8.78. The first kappa shape index (κ1) is 9.53. The van der Waals surface area contributed by atoms with E-state index in [4.69, 9.17) is 0 Å². The Morgan fingerprint density at radius 1 is 1.14 bits per heavy atom. The molecule has 0 saturated carbocycles. The van der Waals surface area contributed by atoms with Crippen molar-refractivity contribution in [3.63, 3.8) is 0 Å². The summed E-state index contributed by atoms with van der Waals surface area (Å²) < 4.78 is 0. The molecule has 2 heteroatoms. The molecule has 0 amide bonds. The van der Waals surface area contributed by atoms with E-state index in [1.54, 1.807) is 0 Å². The molecule has 1 heterocycles. The minimum Gasteiger partial charge on any atom is -0.362 e. The number of aryl methyl sites for hydroxylation is 1. The molecule has 0 radical (unpaired) electrons. The average Bonchev–Trinajstić information content (AvgIpc) is 2.48. The monoisotopic (exact) mass is 203 g/mol. The number of rotatable bonds is 1. The van der Waals surface area contributed by atoms with Gasteiger partial charge in [-0.15, -0.1) is 0 Å². The van der Waals surface area contributed by atoms with Crippen LogP contribution in [0, 0.1) is 6.92 Å². The molecule has 1 aromatic heterocycles. The van der Waals surface area contributed by atoms with E-state index in [2.05, 4.69) is 55.8 Å². The predicted octanol–water partition coefficient (Wildman–Crippen LogP) is 3.02. The van der Waals surface area contributed by atoms with Crippen molar-refractivity contribution in [3.8, 4) is 0 Å². The number of aromatic amines is 1. The highest BCUT2D eigenvalue weighted by atomic mass is 28.3. The van der Waals surface area contributed by atoms with Crippen LogP contribution in [0.5, 0.6) is 0 Å². The fourth-order valence-electron chi connectivity index (χ4n) is 1.71. The minimum absolute atomic E-state index is 1.19. The van der Waals surface area contributed by atoms with E-state index in [9.17, 15) is 0 Å². The summed E-state index contributed by atoms with van der Waals surface area (Å²) in [4.78, 5) is 3.57. The number of nitrogens with one attached hydrogen (secondary N) is 1. The highest BCUT2D eigenvalue weighted by Crippen LogP contribution is 2.16. The molecule has 0 unspecified atom stereocenters. The summed E-state index contributed by atoms with van der Waals surface area (Å²) in [6.45, 7) is 9.26. The molecule has 0 aliphatic carbocycles. The van der Waals surface area contributed by atoms with Gasteiger partial charge in [0.15, 0.2) is 0 Å². The number of benzene rings is 1. The second-order valence-electron chi connectivity index (χ2n) is 4.97. The first-order valence-electron chi connectivity index (χ1n) is 5.07. The van der Waals surface area contributed by atoms with Gasteiger partial charge in [-0.2, -0.15) is 0 Å². The number of hydrogen-bond donors (Lipinski definition) is 1. The number of H-pyrrole nitrogens is 1. The van der Waals surface area contributed by atoms with Crippen molar-refractivity contribution in [2.75, 3.05) is 0 Å². The largest absolute Gasteiger partial charge is 0.362 e. The van der Waals surface area contributed by atoms with Gasteiger partial charge >= 0.3 is 0 Å². The Morgan fingerprint density at radius 2 is 1.86 bits per heavy atom. The number of para-hydroxylation sites is 1. The van der Waals surface area contributed by atoms with Crippen LogP contribution in [0.4, 0.5) is 0 Å². The van der Waals surface area contributed by atoms with E-state index in [-0.39, 0.29) is 0 Å². The number of hydrogen-bond acceptors (Lipinski definition) is 0. The van der Waals surface area contributed by atoms with E-state index < -0.39 is 8.07 Å². The van der Waals surface area contributed by atoms with Crippen molar-refractivity contribution in [2.45, 2.75) is 26.6 Å². The first-order chi connectivity index (χ1) is 6.48. The molecule has 14 heavy (non-hydrogen) atoms. The first-order valence-corrected chi connectivity index (χ1v) is 8.57. The average molecular weight is 203 g/mol. The summed E-state index contributed by atoms with van der Waals surface area (Å²) in [7, 11) is -1.19. The van der Waals surface area contributed by atoms with Crippen LogP contribution >= 0.6 is 0 Å². The van der Waals surface area contributed by atoms with Crippen LogP contribution in [0.1, 0.15) is 5.56 Å². The molecule has 2 aromatic rings. The molecule has 2 rings (SSSR count). The molecule has 0 aliphatic heterocycles. The lowest BCUT2D eigenvalue weighted by Gasteiger charge is -2.12. The Hall–Kier alpha value is -1.02. The number of fused-ring (bicyclic) bond motifs is 1. The zero-order chi connectivity index (χ0) is 10.3. The van der Waals surface area contributed by atoms with Crippen molar-refractivity contribution >= 4 is 24.3 Å². The van der Waals surface area contributed by atoms with E-state index in [0.29, 0.717) is 0 Å². The molecule has 0 bridgehead atoms. The van der Waals surface area contributed by atoms with Gasteiger partial charge < -0.3 is 4.98 Å². The van der Waals surface area contributed by atoms with Gasteiger partial charge in [-0.3, -0.25) is 0 Å². The molecule has 1 aromatic carbocycles. The van der Waals surface area contributed by atoms with Gasteiger partial charge in [0.25, 0.3) is 0 Å². The van der Waals surface area contributed by atoms with Crippen molar-refractivity contribution in [2.24, 2.45) is 0 Å². The Morgan fingerprint density at radius 3 is 2.43 bits per heavy atom. The fourth-order valence-corrected chi connectivity index (χ4v) is 2.80. The summed E-state index contributed by atoms with van der Waals surface area (Å²) in [5.41, 5.74) is 2.65. The van der Waals surface area contributed by atoms with Crippen LogP contribution in [-0.2, 0) is 0 Å². The maximum atomic E-state index is 3.57. The lowest BCUT2D eigenvalue weighted by atomic mass is 10.2. The van der Waals surface area contributed by atoms with Gasteiger partial charge in [0.1, 0.15) is 0 Å². The van der Waals surface area contributed by atoms with Crippen LogP contribution in [0.25, 0.3) is 10.9 Å². The fraction of sp³-hybridized carbons (Fsp3) is 0.333. The van der Waals surface area contributed by atoms with Crippen LogP contribution in [0.15, 0.2) is 24.3 Å². The van der Waals surface area contributed by atoms with Gasteiger partial charge in [0, 0.05) is 5.52 Å². The highest BCUT2D eigenvalue weighted by Gasteiger charge is 2.18. The predicted molar refractivity (Wildman–Crippen MR) is 66.0 cm³/mol. The molecule has 0 spiro atoms. The summed E-state index contributed by atoms with van der Waals surface area (Å²) >= 11 is 0. The molecule has 0 aliphatic rings. The zero-order valence-corrected chi connectivity index (χ0v) is 10.3. The van der Waals surface area contributed by atoms with E-state index in [1.165, 1.54) is 21.8 Å².